The van der Waals surface area contributed by atoms with Crippen molar-refractivity contribution in [1.82, 2.24) is 14.9 Å². The standard InChI is InChI=1S/C27H27N5O3S/c1-18-15-19(10-11-21(18)29-24(33)17-34-2)32-26(25(30-27(32)36)22-8-3-4-12-28-22)23-9-5-13-31(23)16-20-7-6-14-35-20/h3-15,25-26H,16-17H2,1-2H3,(H,29,33)(H,30,36)/t25-,26+/m0/s1. The Morgan fingerprint density at radius 1 is 1.19 bits per heavy atom. The molecular weight excluding hydrogens is 474 g/mol. The number of aryl methyl sites for hydroxylation is 1. The number of hydrogen-bond donors (Lipinski definition) is 2. The molecule has 1 fully saturated rings. The maximum absolute atomic E-state index is 12.0. The van der Waals surface area contributed by atoms with Crippen LogP contribution in [-0.2, 0) is 16.1 Å². The molecule has 4 aromatic rings. The van der Waals surface area contributed by atoms with Crippen LogP contribution in [0.1, 0.15) is 34.8 Å². The first-order chi connectivity index (χ1) is 17.5. The van der Waals surface area contributed by atoms with Crippen molar-refractivity contribution in [3.05, 3.63) is 102 Å². The predicted molar refractivity (Wildman–Crippen MR) is 142 cm³/mol. The van der Waals surface area contributed by atoms with E-state index in [1.54, 1.807) is 12.5 Å². The number of pyridine rings is 1. The molecule has 5 rings (SSSR count). The number of nitrogens with zero attached hydrogens (tertiary/aromatic N) is 3. The summed E-state index contributed by atoms with van der Waals surface area (Å²) in [5.74, 6) is 0.671. The molecule has 4 heterocycles. The van der Waals surface area contributed by atoms with Gasteiger partial charge in [-0.15, -0.1) is 0 Å². The first kappa shape index (κ1) is 23.8. The lowest BCUT2D eigenvalue weighted by atomic mass is 10.0. The highest BCUT2D eigenvalue weighted by atomic mass is 32.1. The zero-order chi connectivity index (χ0) is 25.1. The monoisotopic (exact) mass is 501 g/mol. The van der Waals surface area contributed by atoms with Crippen molar-refractivity contribution >= 4 is 34.6 Å². The van der Waals surface area contributed by atoms with E-state index >= 15 is 0 Å². The Morgan fingerprint density at radius 2 is 2.08 bits per heavy atom. The number of nitrogens with one attached hydrogen (secondary N) is 2. The molecule has 0 unspecified atom stereocenters. The summed E-state index contributed by atoms with van der Waals surface area (Å²) < 4.78 is 12.7. The first-order valence-corrected chi connectivity index (χ1v) is 12.0. The van der Waals surface area contributed by atoms with E-state index in [2.05, 4.69) is 31.2 Å². The molecule has 3 aromatic heterocycles. The minimum Gasteiger partial charge on any atom is -0.467 e. The zero-order valence-corrected chi connectivity index (χ0v) is 20.9. The molecule has 1 amide bonds. The fraction of sp³-hybridized carbons (Fsp3) is 0.222. The quantitative estimate of drug-likeness (QED) is 0.342. The van der Waals surface area contributed by atoms with Crippen LogP contribution in [0.15, 0.2) is 83.7 Å². The van der Waals surface area contributed by atoms with Gasteiger partial charge in [-0.1, -0.05) is 6.07 Å². The molecule has 0 bridgehead atoms. The van der Waals surface area contributed by atoms with Gasteiger partial charge in [0.05, 0.1) is 24.5 Å². The van der Waals surface area contributed by atoms with Gasteiger partial charge in [-0.25, -0.2) is 0 Å². The topological polar surface area (TPSA) is 84.6 Å². The summed E-state index contributed by atoms with van der Waals surface area (Å²) in [5, 5.41) is 7.00. The average molecular weight is 502 g/mol. The van der Waals surface area contributed by atoms with Gasteiger partial charge in [-0.05, 0) is 79.3 Å². The minimum atomic E-state index is -0.199. The normalized spacial score (nSPS) is 17.3. The summed E-state index contributed by atoms with van der Waals surface area (Å²) in [6.07, 6.45) is 5.53. The van der Waals surface area contributed by atoms with Gasteiger partial charge in [0.1, 0.15) is 18.4 Å². The van der Waals surface area contributed by atoms with Gasteiger partial charge in [0.2, 0.25) is 5.91 Å². The van der Waals surface area contributed by atoms with Gasteiger partial charge < -0.3 is 29.3 Å². The SMILES string of the molecule is COCC(=O)Nc1ccc(N2C(=S)N[C@@H](c3ccccn3)[C@H]2c2cccn2Cc2ccco2)cc1C. The molecule has 184 valence electrons. The number of thiocarbonyl (C=S) groups is 1. The predicted octanol–water partition coefficient (Wildman–Crippen LogP) is 4.59. The second kappa shape index (κ2) is 10.3. The third kappa shape index (κ3) is 4.75. The van der Waals surface area contributed by atoms with Crippen molar-refractivity contribution < 1.29 is 13.9 Å². The number of methoxy groups -OCH3 is 1. The van der Waals surface area contributed by atoms with Crippen molar-refractivity contribution in [3.8, 4) is 0 Å². The molecule has 0 spiro atoms. The van der Waals surface area contributed by atoms with Gasteiger partial charge in [0.25, 0.3) is 0 Å². The van der Waals surface area contributed by atoms with Crippen LogP contribution in [0.4, 0.5) is 11.4 Å². The Bertz CT molecular complexity index is 1350. The zero-order valence-electron chi connectivity index (χ0n) is 20.0. The van der Waals surface area contributed by atoms with E-state index in [-0.39, 0.29) is 24.6 Å². The van der Waals surface area contributed by atoms with E-state index in [1.165, 1.54) is 7.11 Å². The van der Waals surface area contributed by atoms with Crippen LogP contribution >= 0.6 is 12.2 Å². The van der Waals surface area contributed by atoms with Crippen LogP contribution in [-0.4, -0.2) is 34.3 Å². The van der Waals surface area contributed by atoms with Crippen LogP contribution in [0.3, 0.4) is 0 Å². The van der Waals surface area contributed by atoms with E-state index in [0.717, 1.165) is 34.1 Å². The second-order valence-corrected chi connectivity index (χ2v) is 9.00. The smallest absolute Gasteiger partial charge is 0.250 e. The van der Waals surface area contributed by atoms with Crippen LogP contribution in [0, 0.1) is 6.92 Å². The fourth-order valence-electron chi connectivity index (χ4n) is 4.60. The van der Waals surface area contributed by atoms with E-state index in [4.69, 9.17) is 21.4 Å². The van der Waals surface area contributed by atoms with Crippen LogP contribution < -0.4 is 15.5 Å². The Labute approximate surface area is 214 Å². The molecular formula is C27H27N5O3S. The molecule has 0 radical (unpaired) electrons. The van der Waals surface area contributed by atoms with Crippen LogP contribution in [0.25, 0.3) is 0 Å². The Hall–Kier alpha value is -3.95. The number of benzene rings is 1. The van der Waals surface area contributed by atoms with Gasteiger partial charge in [-0.2, -0.15) is 0 Å². The molecule has 0 aliphatic carbocycles. The molecule has 1 aliphatic heterocycles. The highest BCUT2D eigenvalue weighted by Crippen LogP contribution is 2.42. The number of ether oxygens (including phenoxy) is 1. The third-order valence-electron chi connectivity index (χ3n) is 6.21. The van der Waals surface area contributed by atoms with Gasteiger partial charge in [0.15, 0.2) is 5.11 Å². The lowest BCUT2D eigenvalue weighted by Gasteiger charge is -2.29. The lowest BCUT2D eigenvalue weighted by Crippen LogP contribution is -2.30. The number of anilines is 2. The Balaban J connectivity index is 1.54. The molecule has 1 aliphatic rings. The van der Waals surface area contributed by atoms with E-state index in [0.29, 0.717) is 11.7 Å². The van der Waals surface area contributed by atoms with Crippen LogP contribution in [0.5, 0.6) is 0 Å². The maximum Gasteiger partial charge on any atom is 0.250 e. The fourth-order valence-corrected chi connectivity index (χ4v) is 4.94. The van der Waals surface area contributed by atoms with Crippen molar-refractivity contribution in [2.75, 3.05) is 23.9 Å². The maximum atomic E-state index is 12.0. The van der Waals surface area contributed by atoms with Gasteiger partial charge >= 0.3 is 0 Å². The molecule has 2 atom stereocenters. The number of rotatable bonds is 8. The minimum absolute atomic E-state index is 0.00180. The summed E-state index contributed by atoms with van der Waals surface area (Å²) in [5.41, 5.74) is 4.55. The van der Waals surface area contributed by atoms with Crippen molar-refractivity contribution in [1.29, 1.82) is 0 Å². The molecule has 1 saturated heterocycles. The number of hydrogen-bond acceptors (Lipinski definition) is 5. The number of carbonyl (C=O) groups excluding carboxylic acids is 1. The van der Waals surface area contributed by atoms with Crippen LogP contribution in [0.2, 0.25) is 0 Å². The highest BCUT2D eigenvalue weighted by Gasteiger charge is 2.42. The van der Waals surface area contributed by atoms with Crippen molar-refractivity contribution in [2.45, 2.75) is 25.6 Å². The molecule has 2 N–H and O–H groups in total. The second-order valence-electron chi connectivity index (χ2n) is 8.62. The number of aromatic nitrogens is 2. The third-order valence-corrected chi connectivity index (χ3v) is 6.52. The summed E-state index contributed by atoms with van der Waals surface area (Å²) in [7, 11) is 1.50. The number of amides is 1. The molecule has 1 aromatic carbocycles. The van der Waals surface area contributed by atoms with Crippen molar-refractivity contribution in [2.24, 2.45) is 0 Å². The summed E-state index contributed by atoms with van der Waals surface area (Å²) in [4.78, 5) is 18.8. The van der Waals surface area contributed by atoms with E-state index in [9.17, 15) is 4.79 Å². The number of furan rings is 1. The van der Waals surface area contributed by atoms with Crippen molar-refractivity contribution in [3.63, 3.8) is 0 Å². The first-order valence-electron chi connectivity index (χ1n) is 11.6. The summed E-state index contributed by atoms with van der Waals surface area (Å²) in [6, 6.07) is 19.5. The molecule has 36 heavy (non-hydrogen) atoms. The summed E-state index contributed by atoms with van der Waals surface area (Å²) >= 11 is 5.86. The molecule has 8 nitrogen and oxygen atoms in total. The summed E-state index contributed by atoms with van der Waals surface area (Å²) in [6.45, 7) is 2.57. The van der Waals surface area contributed by atoms with E-state index < -0.39 is 0 Å². The van der Waals surface area contributed by atoms with Gasteiger partial charge in [-0.3, -0.25) is 9.78 Å². The van der Waals surface area contributed by atoms with Gasteiger partial charge in [0, 0.05) is 36.6 Å². The molecule has 9 heteroatoms. The Kier molecular flexibility index (Phi) is 6.84. The molecule has 0 saturated carbocycles. The highest BCUT2D eigenvalue weighted by molar-refractivity contribution is 7.80. The lowest BCUT2D eigenvalue weighted by molar-refractivity contribution is -0.119. The van der Waals surface area contributed by atoms with E-state index in [1.807, 2.05) is 67.7 Å². The average Bonchev–Trinajstić information content (AvgIpc) is 3.62. The number of carbonyl (C=O) groups is 1. The Morgan fingerprint density at radius 3 is 2.81 bits per heavy atom. The largest absolute Gasteiger partial charge is 0.467 e.